The molecule has 0 aromatic heterocycles. The van der Waals surface area contributed by atoms with Gasteiger partial charge in [-0.15, -0.1) is 0 Å². The monoisotopic (exact) mass is 205 g/mol. The van der Waals surface area contributed by atoms with Gasteiger partial charge in [-0.05, 0) is 25.3 Å². The first-order chi connectivity index (χ1) is 7.31. The summed E-state index contributed by atoms with van der Waals surface area (Å²) < 4.78 is 5.58. The van der Waals surface area contributed by atoms with Crippen LogP contribution in [0.3, 0.4) is 0 Å². The lowest BCUT2D eigenvalue weighted by Gasteiger charge is -2.15. The van der Waals surface area contributed by atoms with Crippen LogP contribution in [0, 0.1) is 5.92 Å². The van der Waals surface area contributed by atoms with E-state index < -0.39 is 0 Å². The fourth-order valence-electron chi connectivity index (χ4n) is 1.91. The molecule has 82 valence electrons. The van der Waals surface area contributed by atoms with Crippen molar-refractivity contribution in [3.63, 3.8) is 0 Å². The minimum Gasteiger partial charge on any atom is -0.494 e. The third kappa shape index (κ3) is 2.72. The van der Waals surface area contributed by atoms with Gasteiger partial charge in [-0.25, -0.2) is 0 Å². The zero-order valence-electron chi connectivity index (χ0n) is 9.28. The quantitative estimate of drug-likeness (QED) is 0.802. The molecule has 2 nitrogen and oxygen atoms in total. The summed E-state index contributed by atoms with van der Waals surface area (Å²) in [4.78, 5) is 0. The van der Waals surface area contributed by atoms with Gasteiger partial charge in [-0.2, -0.15) is 0 Å². The molecular weight excluding hydrogens is 186 g/mol. The molecule has 2 rings (SSSR count). The van der Waals surface area contributed by atoms with E-state index in [0.29, 0.717) is 6.61 Å². The Kier molecular flexibility index (Phi) is 3.27. The molecule has 1 saturated carbocycles. The standard InChI is InChI=1S/C13H19NO/c1-2-15-13-6-4-3-5-11(13)12(14)9-10-7-8-10/h3-6,10,12H,2,7-9,14H2,1H3. The highest BCUT2D eigenvalue weighted by Gasteiger charge is 2.25. The average molecular weight is 205 g/mol. The van der Waals surface area contributed by atoms with Crippen molar-refractivity contribution in [2.24, 2.45) is 11.7 Å². The molecular formula is C13H19NO. The summed E-state index contributed by atoms with van der Waals surface area (Å²) in [6.45, 7) is 2.70. The Morgan fingerprint density at radius 2 is 2.13 bits per heavy atom. The van der Waals surface area contributed by atoms with Gasteiger partial charge in [0.15, 0.2) is 0 Å². The van der Waals surface area contributed by atoms with Gasteiger partial charge >= 0.3 is 0 Å². The van der Waals surface area contributed by atoms with Crippen molar-refractivity contribution in [3.8, 4) is 5.75 Å². The van der Waals surface area contributed by atoms with Crippen molar-refractivity contribution in [1.29, 1.82) is 0 Å². The minimum atomic E-state index is 0.139. The summed E-state index contributed by atoms with van der Waals surface area (Å²) in [7, 11) is 0. The van der Waals surface area contributed by atoms with E-state index in [9.17, 15) is 0 Å². The summed E-state index contributed by atoms with van der Waals surface area (Å²) in [5, 5.41) is 0. The molecule has 1 aliphatic rings. The van der Waals surface area contributed by atoms with E-state index in [1.54, 1.807) is 0 Å². The van der Waals surface area contributed by atoms with Crippen molar-refractivity contribution in [3.05, 3.63) is 29.8 Å². The number of rotatable bonds is 5. The summed E-state index contributed by atoms with van der Waals surface area (Å²) in [6.07, 6.45) is 3.80. The fourth-order valence-corrected chi connectivity index (χ4v) is 1.91. The first-order valence-corrected chi connectivity index (χ1v) is 5.78. The summed E-state index contributed by atoms with van der Waals surface area (Å²) in [5.74, 6) is 1.81. The second-order valence-corrected chi connectivity index (χ2v) is 4.26. The zero-order chi connectivity index (χ0) is 10.7. The zero-order valence-corrected chi connectivity index (χ0v) is 9.28. The second kappa shape index (κ2) is 4.67. The van der Waals surface area contributed by atoms with Crippen LogP contribution in [-0.4, -0.2) is 6.61 Å². The predicted octanol–water partition coefficient (Wildman–Crippen LogP) is 2.89. The van der Waals surface area contributed by atoms with E-state index >= 15 is 0 Å². The van der Waals surface area contributed by atoms with Gasteiger partial charge in [0.25, 0.3) is 0 Å². The van der Waals surface area contributed by atoms with E-state index in [-0.39, 0.29) is 6.04 Å². The third-order valence-corrected chi connectivity index (χ3v) is 2.90. The van der Waals surface area contributed by atoms with Crippen LogP contribution in [-0.2, 0) is 0 Å². The van der Waals surface area contributed by atoms with Crippen LogP contribution in [0.5, 0.6) is 5.75 Å². The molecule has 1 aliphatic carbocycles. The van der Waals surface area contributed by atoms with Gasteiger partial charge in [-0.3, -0.25) is 0 Å². The summed E-state index contributed by atoms with van der Waals surface area (Å²) in [6, 6.07) is 8.26. The Hall–Kier alpha value is -1.02. The lowest BCUT2D eigenvalue weighted by molar-refractivity contribution is 0.333. The van der Waals surface area contributed by atoms with E-state index in [0.717, 1.165) is 23.7 Å². The maximum absolute atomic E-state index is 6.19. The molecule has 0 spiro atoms. The van der Waals surface area contributed by atoms with E-state index in [1.807, 2.05) is 25.1 Å². The molecule has 1 unspecified atom stereocenters. The number of hydrogen-bond acceptors (Lipinski definition) is 2. The average Bonchev–Trinajstić information content (AvgIpc) is 3.03. The van der Waals surface area contributed by atoms with Crippen LogP contribution in [0.15, 0.2) is 24.3 Å². The van der Waals surface area contributed by atoms with Gasteiger partial charge in [0.1, 0.15) is 5.75 Å². The van der Waals surface area contributed by atoms with Gasteiger partial charge in [-0.1, -0.05) is 31.0 Å². The van der Waals surface area contributed by atoms with Gasteiger partial charge in [0, 0.05) is 11.6 Å². The van der Waals surface area contributed by atoms with Gasteiger partial charge in [0.05, 0.1) is 6.61 Å². The topological polar surface area (TPSA) is 35.2 Å². The number of nitrogens with two attached hydrogens (primary N) is 1. The smallest absolute Gasteiger partial charge is 0.124 e. The van der Waals surface area contributed by atoms with Crippen molar-refractivity contribution in [2.45, 2.75) is 32.2 Å². The summed E-state index contributed by atoms with van der Waals surface area (Å²) >= 11 is 0. The number of benzene rings is 1. The molecule has 2 N–H and O–H groups in total. The molecule has 15 heavy (non-hydrogen) atoms. The molecule has 1 atom stereocenters. The van der Waals surface area contributed by atoms with Crippen LogP contribution in [0.1, 0.15) is 37.8 Å². The second-order valence-electron chi connectivity index (χ2n) is 4.26. The maximum atomic E-state index is 6.19. The first kappa shape index (κ1) is 10.5. The molecule has 0 aliphatic heterocycles. The normalized spacial score (nSPS) is 17.5. The molecule has 0 amide bonds. The van der Waals surface area contributed by atoms with Crippen molar-refractivity contribution < 1.29 is 4.74 Å². The van der Waals surface area contributed by atoms with Crippen LogP contribution < -0.4 is 10.5 Å². The lowest BCUT2D eigenvalue weighted by atomic mass is 10.0. The number of ether oxygens (including phenoxy) is 1. The van der Waals surface area contributed by atoms with Crippen molar-refractivity contribution in [1.82, 2.24) is 0 Å². The predicted molar refractivity (Wildman–Crippen MR) is 61.9 cm³/mol. The molecule has 1 fully saturated rings. The van der Waals surface area contributed by atoms with Crippen LogP contribution >= 0.6 is 0 Å². The minimum absolute atomic E-state index is 0.139. The van der Waals surface area contributed by atoms with Gasteiger partial charge in [0.2, 0.25) is 0 Å². The molecule has 1 aromatic rings. The van der Waals surface area contributed by atoms with Gasteiger partial charge < -0.3 is 10.5 Å². The SMILES string of the molecule is CCOc1ccccc1C(N)CC1CC1. The van der Waals surface area contributed by atoms with Crippen LogP contribution in [0.25, 0.3) is 0 Å². The highest BCUT2D eigenvalue weighted by atomic mass is 16.5. The molecule has 2 heteroatoms. The Bertz CT molecular complexity index is 320. The summed E-state index contributed by atoms with van der Waals surface area (Å²) in [5.41, 5.74) is 7.35. The lowest BCUT2D eigenvalue weighted by Crippen LogP contribution is -2.12. The first-order valence-electron chi connectivity index (χ1n) is 5.78. The van der Waals surface area contributed by atoms with E-state index in [2.05, 4.69) is 6.07 Å². The van der Waals surface area contributed by atoms with Crippen molar-refractivity contribution >= 4 is 0 Å². The Labute approximate surface area is 91.4 Å². The Balaban J connectivity index is 2.09. The number of para-hydroxylation sites is 1. The fraction of sp³-hybridized carbons (Fsp3) is 0.538. The highest BCUT2D eigenvalue weighted by molar-refractivity contribution is 5.35. The number of hydrogen-bond donors (Lipinski definition) is 1. The van der Waals surface area contributed by atoms with Crippen LogP contribution in [0.4, 0.5) is 0 Å². The maximum Gasteiger partial charge on any atom is 0.124 e. The highest BCUT2D eigenvalue weighted by Crippen LogP contribution is 2.38. The van der Waals surface area contributed by atoms with Crippen LogP contribution in [0.2, 0.25) is 0 Å². The third-order valence-electron chi connectivity index (χ3n) is 2.90. The molecule has 0 radical (unpaired) electrons. The van der Waals surface area contributed by atoms with E-state index in [1.165, 1.54) is 12.8 Å². The van der Waals surface area contributed by atoms with E-state index in [4.69, 9.17) is 10.5 Å². The molecule has 0 heterocycles. The Morgan fingerprint density at radius 3 is 2.80 bits per heavy atom. The molecule has 0 saturated heterocycles. The Morgan fingerprint density at radius 1 is 1.40 bits per heavy atom. The van der Waals surface area contributed by atoms with Crippen molar-refractivity contribution in [2.75, 3.05) is 6.61 Å². The molecule has 0 bridgehead atoms. The largest absolute Gasteiger partial charge is 0.494 e. The molecule has 1 aromatic carbocycles.